The van der Waals surface area contributed by atoms with Crippen molar-refractivity contribution in [3.63, 3.8) is 0 Å². The van der Waals surface area contributed by atoms with Gasteiger partial charge >= 0.3 is 12.2 Å². The van der Waals surface area contributed by atoms with Crippen molar-refractivity contribution in [2.75, 3.05) is 32.8 Å². The summed E-state index contributed by atoms with van der Waals surface area (Å²) in [5.74, 6) is 0. The fourth-order valence-corrected chi connectivity index (χ4v) is 2.43. The highest BCUT2D eigenvalue weighted by Gasteiger charge is 2.32. The van der Waals surface area contributed by atoms with Crippen LogP contribution in [0.25, 0.3) is 0 Å². The zero-order valence-electron chi connectivity index (χ0n) is 14.0. The Morgan fingerprint density at radius 3 is 2.32 bits per heavy atom. The Labute approximate surface area is 132 Å². The molecular formula is C15H28N2O5. The number of rotatable bonds is 4. The SMILES string of the molecule is CCOC(=O)N1CCC(N(CCO)C(=O)OC(C)(C)C)CC1. The van der Waals surface area contributed by atoms with Crippen molar-refractivity contribution in [2.45, 2.75) is 52.2 Å². The molecule has 0 bridgehead atoms. The van der Waals surface area contributed by atoms with E-state index in [2.05, 4.69) is 0 Å². The first-order valence-electron chi connectivity index (χ1n) is 7.80. The van der Waals surface area contributed by atoms with Gasteiger partial charge in [-0.2, -0.15) is 0 Å². The maximum Gasteiger partial charge on any atom is 0.410 e. The molecule has 1 N–H and O–H groups in total. The van der Waals surface area contributed by atoms with Gasteiger partial charge in [0.1, 0.15) is 5.60 Å². The molecule has 1 aliphatic rings. The topological polar surface area (TPSA) is 79.3 Å². The number of likely N-dealkylation sites (tertiary alicyclic amines) is 1. The fraction of sp³-hybridized carbons (Fsp3) is 0.867. The Balaban J connectivity index is 2.60. The second-order valence-corrected chi connectivity index (χ2v) is 6.31. The largest absolute Gasteiger partial charge is 0.450 e. The van der Waals surface area contributed by atoms with Crippen LogP contribution in [0.2, 0.25) is 0 Å². The van der Waals surface area contributed by atoms with E-state index >= 15 is 0 Å². The normalized spacial score (nSPS) is 16.3. The number of hydrogen-bond acceptors (Lipinski definition) is 5. The average Bonchev–Trinajstić information content (AvgIpc) is 2.43. The minimum Gasteiger partial charge on any atom is -0.450 e. The third kappa shape index (κ3) is 5.71. The van der Waals surface area contributed by atoms with Crippen LogP contribution in [-0.4, -0.2) is 71.6 Å². The van der Waals surface area contributed by atoms with Crippen LogP contribution in [0, 0.1) is 0 Å². The molecule has 0 atom stereocenters. The Kier molecular flexibility index (Phi) is 6.93. The lowest BCUT2D eigenvalue weighted by molar-refractivity contribution is 0.00419. The predicted molar refractivity (Wildman–Crippen MR) is 81.6 cm³/mol. The molecule has 22 heavy (non-hydrogen) atoms. The fourth-order valence-electron chi connectivity index (χ4n) is 2.43. The van der Waals surface area contributed by atoms with Gasteiger partial charge in [0, 0.05) is 25.7 Å². The summed E-state index contributed by atoms with van der Waals surface area (Å²) >= 11 is 0. The number of piperidine rings is 1. The lowest BCUT2D eigenvalue weighted by Gasteiger charge is -2.38. The van der Waals surface area contributed by atoms with Gasteiger partial charge in [0.05, 0.1) is 13.2 Å². The van der Waals surface area contributed by atoms with E-state index in [1.54, 1.807) is 16.7 Å². The van der Waals surface area contributed by atoms with Crippen LogP contribution in [0.3, 0.4) is 0 Å². The summed E-state index contributed by atoms with van der Waals surface area (Å²) in [6.07, 6.45) is 0.568. The molecule has 0 aliphatic carbocycles. The Morgan fingerprint density at radius 1 is 1.27 bits per heavy atom. The highest BCUT2D eigenvalue weighted by molar-refractivity contribution is 5.69. The van der Waals surface area contributed by atoms with Gasteiger partial charge in [-0.15, -0.1) is 0 Å². The molecule has 0 saturated carbocycles. The second kappa shape index (κ2) is 8.22. The average molecular weight is 316 g/mol. The number of aliphatic hydroxyl groups is 1. The van der Waals surface area contributed by atoms with Gasteiger partial charge in [-0.3, -0.25) is 0 Å². The number of carbonyl (C=O) groups is 2. The van der Waals surface area contributed by atoms with Gasteiger partial charge in [0.2, 0.25) is 0 Å². The van der Waals surface area contributed by atoms with Crippen LogP contribution >= 0.6 is 0 Å². The first kappa shape index (κ1) is 18.5. The zero-order valence-corrected chi connectivity index (χ0v) is 14.0. The van der Waals surface area contributed by atoms with Crippen molar-refractivity contribution in [3.8, 4) is 0 Å². The summed E-state index contributed by atoms with van der Waals surface area (Å²) in [6.45, 7) is 8.75. The van der Waals surface area contributed by atoms with Crippen LogP contribution in [0.5, 0.6) is 0 Å². The number of nitrogens with zero attached hydrogens (tertiary/aromatic N) is 2. The van der Waals surface area contributed by atoms with Crippen molar-refractivity contribution in [2.24, 2.45) is 0 Å². The van der Waals surface area contributed by atoms with Crippen molar-refractivity contribution in [3.05, 3.63) is 0 Å². The van der Waals surface area contributed by atoms with E-state index in [0.29, 0.717) is 32.5 Å². The first-order valence-corrected chi connectivity index (χ1v) is 7.80. The van der Waals surface area contributed by atoms with Crippen LogP contribution in [0.15, 0.2) is 0 Å². The molecule has 0 aromatic rings. The third-order valence-electron chi connectivity index (χ3n) is 3.40. The van der Waals surface area contributed by atoms with Crippen molar-refractivity contribution in [1.82, 2.24) is 9.80 Å². The van der Waals surface area contributed by atoms with Crippen molar-refractivity contribution >= 4 is 12.2 Å². The maximum absolute atomic E-state index is 12.3. The van der Waals surface area contributed by atoms with Gasteiger partial charge in [0.15, 0.2) is 0 Å². The molecule has 0 radical (unpaired) electrons. The molecule has 0 unspecified atom stereocenters. The lowest BCUT2D eigenvalue weighted by Crippen LogP contribution is -2.50. The predicted octanol–water partition coefficient (Wildman–Crippen LogP) is 1.84. The molecular weight excluding hydrogens is 288 g/mol. The minimum atomic E-state index is -0.573. The van der Waals surface area contributed by atoms with Gasteiger partial charge in [-0.1, -0.05) is 0 Å². The molecule has 1 rings (SSSR count). The Bertz CT molecular complexity index is 373. The molecule has 1 aliphatic heterocycles. The molecule has 0 spiro atoms. The minimum absolute atomic E-state index is 0.0346. The van der Waals surface area contributed by atoms with E-state index in [1.807, 2.05) is 20.8 Å². The third-order valence-corrected chi connectivity index (χ3v) is 3.40. The standard InChI is InChI=1S/C15H28N2O5/c1-5-21-13(19)16-8-6-12(7-9-16)17(10-11-18)14(20)22-15(2,3)4/h12,18H,5-11H2,1-4H3. The van der Waals surface area contributed by atoms with Crippen LogP contribution in [-0.2, 0) is 9.47 Å². The van der Waals surface area contributed by atoms with Gasteiger partial charge in [0.25, 0.3) is 0 Å². The monoisotopic (exact) mass is 316 g/mol. The lowest BCUT2D eigenvalue weighted by atomic mass is 10.0. The molecule has 0 aromatic carbocycles. The number of carbonyl (C=O) groups excluding carboxylic acids is 2. The van der Waals surface area contributed by atoms with Crippen LogP contribution in [0.1, 0.15) is 40.5 Å². The molecule has 1 saturated heterocycles. The number of amides is 2. The molecule has 0 aromatic heterocycles. The Hall–Kier alpha value is -1.50. The van der Waals surface area contributed by atoms with Crippen LogP contribution in [0.4, 0.5) is 9.59 Å². The van der Waals surface area contributed by atoms with E-state index in [1.165, 1.54) is 0 Å². The van der Waals surface area contributed by atoms with E-state index in [-0.39, 0.29) is 25.3 Å². The smallest absolute Gasteiger partial charge is 0.410 e. The summed E-state index contributed by atoms with van der Waals surface area (Å²) in [6, 6.07) is -0.0346. The summed E-state index contributed by atoms with van der Waals surface area (Å²) in [4.78, 5) is 27.1. The number of hydrogen-bond donors (Lipinski definition) is 1. The molecule has 1 heterocycles. The van der Waals surface area contributed by atoms with Gasteiger partial charge in [-0.05, 0) is 40.5 Å². The second-order valence-electron chi connectivity index (χ2n) is 6.31. The maximum atomic E-state index is 12.3. The molecule has 7 heteroatoms. The Morgan fingerprint density at radius 2 is 1.86 bits per heavy atom. The molecule has 7 nitrogen and oxygen atoms in total. The molecule has 2 amide bonds. The molecule has 128 valence electrons. The summed E-state index contributed by atoms with van der Waals surface area (Å²) in [7, 11) is 0. The van der Waals surface area contributed by atoms with E-state index in [9.17, 15) is 14.7 Å². The van der Waals surface area contributed by atoms with Crippen LogP contribution < -0.4 is 0 Å². The van der Waals surface area contributed by atoms with Gasteiger partial charge in [-0.25, -0.2) is 9.59 Å². The number of aliphatic hydroxyl groups excluding tert-OH is 1. The van der Waals surface area contributed by atoms with Gasteiger partial charge < -0.3 is 24.4 Å². The van der Waals surface area contributed by atoms with E-state index in [4.69, 9.17) is 9.47 Å². The van der Waals surface area contributed by atoms with E-state index in [0.717, 1.165) is 0 Å². The quantitative estimate of drug-likeness (QED) is 0.856. The highest BCUT2D eigenvalue weighted by Crippen LogP contribution is 2.20. The highest BCUT2D eigenvalue weighted by atomic mass is 16.6. The first-order chi connectivity index (χ1) is 10.3. The van der Waals surface area contributed by atoms with Crippen molar-refractivity contribution in [1.29, 1.82) is 0 Å². The summed E-state index contributed by atoms with van der Waals surface area (Å²) < 4.78 is 10.4. The van der Waals surface area contributed by atoms with Crippen molar-refractivity contribution < 1.29 is 24.2 Å². The summed E-state index contributed by atoms with van der Waals surface area (Å²) in [5.41, 5.74) is -0.573. The zero-order chi connectivity index (χ0) is 16.8. The van der Waals surface area contributed by atoms with E-state index < -0.39 is 11.7 Å². The molecule has 1 fully saturated rings. The summed E-state index contributed by atoms with van der Waals surface area (Å²) in [5, 5.41) is 9.19. The number of ether oxygens (including phenoxy) is 2.